The zero-order chi connectivity index (χ0) is 14.7. The van der Waals surface area contributed by atoms with Gasteiger partial charge in [-0.25, -0.2) is 13.2 Å². The average molecular weight is 281 g/mol. The van der Waals surface area contributed by atoms with Crippen LogP contribution in [0.2, 0.25) is 0 Å². The molecule has 0 saturated carbocycles. The highest BCUT2D eigenvalue weighted by atomic mass is 19.2. The van der Waals surface area contributed by atoms with Crippen molar-refractivity contribution in [2.24, 2.45) is 5.73 Å². The van der Waals surface area contributed by atoms with Gasteiger partial charge in [0.1, 0.15) is 18.2 Å². The molecule has 0 spiro atoms. The van der Waals surface area contributed by atoms with E-state index >= 15 is 0 Å². The van der Waals surface area contributed by atoms with Crippen LogP contribution >= 0.6 is 0 Å². The molecule has 2 aromatic carbocycles. The number of hydrogen-bond donors (Lipinski definition) is 1. The van der Waals surface area contributed by atoms with Crippen molar-refractivity contribution in [1.82, 2.24) is 0 Å². The van der Waals surface area contributed by atoms with Gasteiger partial charge in [0.05, 0.1) is 6.04 Å². The molecule has 0 amide bonds. The normalized spacial score (nSPS) is 12.2. The molecule has 2 N–H and O–H groups in total. The fraction of sp³-hybridized carbons (Fsp3) is 0.200. The van der Waals surface area contributed by atoms with Gasteiger partial charge in [-0.3, -0.25) is 0 Å². The Hall–Kier alpha value is -2.01. The third-order valence-corrected chi connectivity index (χ3v) is 2.93. The summed E-state index contributed by atoms with van der Waals surface area (Å²) in [4.78, 5) is 0. The molecular weight excluding hydrogens is 267 g/mol. The van der Waals surface area contributed by atoms with E-state index in [-0.39, 0.29) is 12.4 Å². The Morgan fingerprint density at radius 2 is 1.80 bits per heavy atom. The summed E-state index contributed by atoms with van der Waals surface area (Å²) < 4.78 is 44.3. The Bertz CT molecular complexity index is 616. The van der Waals surface area contributed by atoms with Crippen molar-refractivity contribution in [1.29, 1.82) is 0 Å². The molecule has 2 nitrogen and oxygen atoms in total. The van der Waals surface area contributed by atoms with Crippen molar-refractivity contribution >= 4 is 0 Å². The molecule has 2 aromatic rings. The van der Waals surface area contributed by atoms with Gasteiger partial charge in [-0.15, -0.1) is 0 Å². The van der Waals surface area contributed by atoms with Gasteiger partial charge in [0.25, 0.3) is 0 Å². The summed E-state index contributed by atoms with van der Waals surface area (Å²) >= 11 is 0. The van der Waals surface area contributed by atoms with Crippen molar-refractivity contribution < 1.29 is 17.9 Å². The van der Waals surface area contributed by atoms with Gasteiger partial charge in [0, 0.05) is 0 Å². The van der Waals surface area contributed by atoms with Crippen LogP contribution in [0.1, 0.15) is 17.2 Å². The van der Waals surface area contributed by atoms with E-state index in [1.807, 2.05) is 0 Å². The van der Waals surface area contributed by atoms with Crippen LogP contribution in [0.3, 0.4) is 0 Å². The second kappa shape index (κ2) is 5.96. The van der Waals surface area contributed by atoms with Crippen LogP contribution in [-0.4, -0.2) is 6.61 Å². The zero-order valence-electron chi connectivity index (χ0n) is 10.9. The van der Waals surface area contributed by atoms with Gasteiger partial charge >= 0.3 is 0 Å². The number of aryl methyl sites for hydroxylation is 1. The maximum atomic E-state index is 13.1. The van der Waals surface area contributed by atoms with Gasteiger partial charge in [0.2, 0.25) is 0 Å². The number of hydrogen-bond acceptors (Lipinski definition) is 2. The van der Waals surface area contributed by atoms with Gasteiger partial charge < -0.3 is 10.5 Å². The summed E-state index contributed by atoms with van der Waals surface area (Å²) in [6, 6.07) is 7.00. The lowest BCUT2D eigenvalue weighted by Crippen LogP contribution is -2.19. The Labute approximate surface area is 115 Å². The molecule has 106 valence electrons. The minimum Gasteiger partial charge on any atom is -0.491 e. The maximum absolute atomic E-state index is 13.1. The smallest absolute Gasteiger partial charge is 0.159 e. The SMILES string of the molecule is Cc1cc(F)ccc1OCC(N)c1ccc(F)c(F)c1. The van der Waals surface area contributed by atoms with Crippen molar-refractivity contribution in [2.45, 2.75) is 13.0 Å². The zero-order valence-corrected chi connectivity index (χ0v) is 10.9. The molecule has 0 radical (unpaired) electrons. The second-order valence-electron chi connectivity index (χ2n) is 4.50. The lowest BCUT2D eigenvalue weighted by Gasteiger charge is -2.15. The lowest BCUT2D eigenvalue weighted by molar-refractivity contribution is 0.288. The first-order valence-corrected chi connectivity index (χ1v) is 6.07. The number of nitrogens with two attached hydrogens (primary N) is 1. The lowest BCUT2D eigenvalue weighted by atomic mass is 10.1. The van der Waals surface area contributed by atoms with E-state index in [1.165, 1.54) is 24.3 Å². The number of rotatable bonds is 4. The van der Waals surface area contributed by atoms with Crippen LogP contribution in [0.4, 0.5) is 13.2 Å². The second-order valence-corrected chi connectivity index (χ2v) is 4.50. The summed E-state index contributed by atoms with van der Waals surface area (Å²) in [5.74, 6) is -1.71. The Morgan fingerprint density at radius 3 is 2.45 bits per heavy atom. The van der Waals surface area contributed by atoms with Crippen LogP contribution in [0.15, 0.2) is 36.4 Å². The topological polar surface area (TPSA) is 35.2 Å². The quantitative estimate of drug-likeness (QED) is 0.931. The van der Waals surface area contributed by atoms with E-state index in [0.29, 0.717) is 16.9 Å². The largest absolute Gasteiger partial charge is 0.491 e. The van der Waals surface area contributed by atoms with Crippen molar-refractivity contribution in [3.8, 4) is 5.75 Å². The van der Waals surface area contributed by atoms with Crippen LogP contribution < -0.4 is 10.5 Å². The molecule has 0 fully saturated rings. The molecule has 0 saturated heterocycles. The van der Waals surface area contributed by atoms with E-state index in [0.717, 1.165) is 12.1 Å². The molecular formula is C15H14F3NO. The third-order valence-electron chi connectivity index (χ3n) is 2.93. The van der Waals surface area contributed by atoms with Gasteiger partial charge in [0.15, 0.2) is 11.6 Å². The first-order valence-electron chi connectivity index (χ1n) is 6.07. The standard InChI is InChI=1S/C15H14F3NO/c1-9-6-11(16)3-5-15(9)20-8-14(19)10-2-4-12(17)13(18)7-10/h2-7,14H,8,19H2,1H3. The predicted molar refractivity (Wildman–Crippen MR) is 69.9 cm³/mol. The molecule has 0 aliphatic rings. The molecule has 1 atom stereocenters. The van der Waals surface area contributed by atoms with Gasteiger partial charge in [-0.2, -0.15) is 0 Å². The number of ether oxygens (including phenoxy) is 1. The summed E-state index contributed by atoms with van der Waals surface area (Å²) in [5, 5.41) is 0. The summed E-state index contributed by atoms with van der Waals surface area (Å²) in [6.45, 7) is 1.79. The third kappa shape index (κ3) is 3.30. The molecule has 20 heavy (non-hydrogen) atoms. The minimum absolute atomic E-state index is 0.0809. The van der Waals surface area contributed by atoms with Gasteiger partial charge in [-0.05, 0) is 48.4 Å². The Kier molecular flexibility index (Phi) is 4.29. The highest BCUT2D eigenvalue weighted by Crippen LogP contribution is 2.21. The monoisotopic (exact) mass is 281 g/mol. The van der Waals surface area contributed by atoms with Crippen molar-refractivity contribution in [2.75, 3.05) is 6.61 Å². The first-order chi connectivity index (χ1) is 9.47. The van der Waals surface area contributed by atoms with E-state index in [9.17, 15) is 13.2 Å². The summed E-state index contributed by atoms with van der Waals surface area (Å²) in [7, 11) is 0. The fourth-order valence-electron chi connectivity index (χ4n) is 1.79. The molecule has 0 aromatic heterocycles. The number of halogens is 3. The van der Waals surface area contributed by atoms with Crippen LogP contribution in [-0.2, 0) is 0 Å². The highest BCUT2D eigenvalue weighted by molar-refractivity contribution is 5.32. The molecule has 0 bridgehead atoms. The van der Waals surface area contributed by atoms with Crippen molar-refractivity contribution in [3.05, 3.63) is 65.0 Å². The van der Waals surface area contributed by atoms with E-state index in [2.05, 4.69) is 0 Å². The minimum atomic E-state index is -0.948. The first kappa shape index (κ1) is 14.4. The van der Waals surface area contributed by atoms with Crippen LogP contribution in [0, 0.1) is 24.4 Å². The van der Waals surface area contributed by atoms with E-state index < -0.39 is 17.7 Å². The van der Waals surface area contributed by atoms with E-state index in [4.69, 9.17) is 10.5 Å². The maximum Gasteiger partial charge on any atom is 0.159 e. The molecule has 2 rings (SSSR count). The summed E-state index contributed by atoms with van der Waals surface area (Å²) in [6.07, 6.45) is 0. The molecule has 1 unspecified atom stereocenters. The van der Waals surface area contributed by atoms with Crippen LogP contribution in [0.25, 0.3) is 0 Å². The van der Waals surface area contributed by atoms with E-state index in [1.54, 1.807) is 6.92 Å². The fourth-order valence-corrected chi connectivity index (χ4v) is 1.79. The Morgan fingerprint density at radius 1 is 1.05 bits per heavy atom. The van der Waals surface area contributed by atoms with Crippen LogP contribution in [0.5, 0.6) is 5.75 Å². The molecule has 5 heteroatoms. The summed E-state index contributed by atoms with van der Waals surface area (Å²) in [5.41, 5.74) is 6.93. The molecule has 0 heterocycles. The number of benzene rings is 2. The highest BCUT2D eigenvalue weighted by Gasteiger charge is 2.11. The van der Waals surface area contributed by atoms with Crippen molar-refractivity contribution in [3.63, 3.8) is 0 Å². The average Bonchev–Trinajstić information content (AvgIpc) is 2.40. The van der Waals surface area contributed by atoms with Gasteiger partial charge in [-0.1, -0.05) is 6.07 Å². The molecule has 0 aliphatic heterocycles. The Balaban J connectivity index is 2.04. The predicted octanol–water partition coefficient (Wildman–Crippen LogP) is 3.49. The molecule has 0 aliphatic carbocycles.